The van der Waals surface area contributed by atoms with Crippen LogP contribution in [0.15, 0.2) is 0 Å². The minimum Gasteiger partial charge on any atom is -0.0654 e. The van der Waals surface area contributed by atoms with Crippen molar-refractivity contribution in [2.45, 2.75) is 65.7 Å². The molecule has 0 saturated heterocycles. The van der Waals surface area contributed by atoms with E-state index in [-0.39, 0.29) is 0 Å². The van der Waals surface area contributed by atoms with E-state index in [0.717, 1.165) is 17.8 Å². The lowest BCUT2D eigenvalue weighted by Gasteiger charge is -2.29. The summed E-state index contributed by atoms with van der Waals surface area (Å²) in [6.07, 6.45) is 10.4. The molecule has 78 valence electrons. The molecular weight excluding hydrogens is 156 g/mol. The second-order valence-electron chi connectivity index (χ2n) is 5.30. The lowest BCUT2D eigenvalue weighted by atomic mass is 9.77. The maximum Gasteiger partial charge on any atom is -0.0412 e. The Bertz CT molecular complexity index is 118. The summed E-state index contributed by atoms with van der Waals surface area (Å²) in [6.45, 7) is 7.04. The van der Waals surface area contributed by atoms with Crippen molar-refractivity contribution < 1.29 is 0 Å². The highest BCUT2D eigenvalue weighted by atomic mass is 14.3. The van der Waals surface area contributed by atoms with Crippen LogP contribution >= 0.6 is 0 Å². The van der Waals surface area contributed by atoms with Crippen molar-refractivity contribution in [1.29, 1.82) is 0 Å². The van der Waals surface area contributed by atoms with Gasteiger partial charge in [-0.15, -0.1) is 0 Å². The molecule has 0 atom stereocenters. The molecule has 0 spiro atoms. The monoisotopic (exact) mass is 182 g/mol. The highest BCUT2D eigenvalue weighted by molar-refractivity contribution is 4.73. The van der Waals surface area contributed by atoms with E-state index in [1.165, 1.54) is 44.9 Å². The first kappa shape index (κ1) is 11.1. The van der Waals surface area contributed by atoms with Crippen molar-refractivity contribution in [2.24, 2.45) is 17.8 Å². The van der Waals surface area contributed by atoms with Crippen LogP contribution in [-0.2, 0) is 0 Å². The molecule has 0 heterocycles. The summed E-state index contributed by atoms with van der Waals surface area (Å²) in [4.78, 5) is 0. The van der Waals surface area contributed by atoms with Crippen LogP contribution in [0.1, 0.15) is 65.7 Å². The molecule has 0 N–H and O–H groups in total. The van der Waals surface area contributed by atoms with Gasteiger partial charge in [0.1, 0.15) is 0 Å². The molecule has 0 aromatic heterocycles. The molecule has 0 aliphatic heterocycles. The Morgan fingerprint density at radius 3 is 2.00 bits per heavy atom. The Morgan fingerprint density at radius 1 is 1.00 bits per heavy atom. The summed E-state index contributed by atoms with van der Waals surface area (Å²) in [7, 11) is 0. The Balaban J connectivity index is 2.15. The van der Waals surface area contributed by atoms with E-state index in [0.29, 0.717) is 0 Å². The van der Waals surface area contributed by atoms with Gasteiger partial charge in [-0.3, -0.25) is 0 Å². The van der Waals surface area contributed by atoms with Gasteiger partial charge in [0, 0.05) is 0 Å². The molecule has 1 fully saturated rings. The van der Waals surface area contributed by atoms with Crippen LogP contribution in [0.25, 0.3) is 0 Å². The highest BCUT2D eigenvalue weighted by Gasteiger charge is 2.20. The largest absolute Gasteiger partial charge is 0.0654 e. The highest BCUT2D eigenvalue weighted by Crippen LogP contribution is 2.34. The fourth-order valence-electron chi connectivity index (χ4n) is 2.83. The van der Waals surface area contributed by atoms with Gasteiger partial charge in [0.25, 0.3) is 0 Å². The number of hydrogen-bond donors (Lipinski definition) is 0. The third kappa shape index (κ3) is 4.15. The van der Waals surface area contributed by atoms with E-state index in [1.807, 2.05) is 0 Å². The second-order valence-corrected chi connectivity index (χ2v) is 5.30. The van der Waals surface area contributed by atoms with Crippen LogP contribution in [-0.4, -0.2) is 0 Å². The van der Waals surface area contributed by atoms with Crippen LogP contribution < -0.4 is 0 Å². The average Bonchev–Trinajstić information content (AvgIpc) is 2.08. The quantitative estimate of drug-likeness (QED) is 0.594. The van der Waals surface area contributed by atoms with E-state index in [9.17, 15) is 0 Å². The van der Waals surface area contributed by atoms with Gasteiger partial charge < -0.3 is 0 Å². The predicted octanol–water partition coefficient (Wildman–Crippen LogP) is 4.64. The molecule has 0 radical (unpaired) electrons. The topological polar surface area (TPSA) is 0 Å². The first-order chi connectivity index (χ1) is 6.22. The van der Waals surface area contributed by atoms with E-state index in [4.69, 9.17) is 0 Å². The zero-order valence-corrected chi connectivity index (χ0v) is 9.68. The third-order valence-electron chi connectivity index (χ3n) is 3.47. The Hall–Kier alpha value is 0. The lowest BCUT2D eigenvalue weighted by molar-refractivity contribution is 0.235. The van der Waals surface area contributed by atoms with Crippen molar-refractivity contribution in [3.8, 4) is 0 Å². The molecule has 0 amide bonds. The van der Waals surface area contributed by atoms with Gasteiger partial charge in [0.2, 0.25) is 0 Å². The molecule has 13 heavy (non-hydrogen) atoms. The zero-order chi connectivity index (χ0) is 9.68. The van der Waals surface area contributed by atoms with Gasteiger partial charge in [0.05, 0.1) is 0 Å². The van der Waals surface area contributed by atoms with Crippen LogP contribution in [0.4, 0.5) is 0 Å². The summed E-state index contributed by atoms with van der Waals surface area (Å²) in [6, 6.07) is 0. The predicted molar refractivity (Wildman–Crippen MR) is 59.8 cm³/mol. The van der Waals surface area contributed by atoms with Crippen molar-refractivity contribution in [1.82, 2.24) is 0 Å². The molecule has 0 bridgehead atoms. The molecule has 0 unspecified atom stereocenters. The molecule has 0 aromatic carbocycles. The standard InChI is InChI=1S/C13H26/c1-4-5-12-6-8-13(9-7-12)10-11(2)3/h11-13H,4-10H2,1-3H3. The summed E-state index contributed by atoms with van der Waals surface area (Å²) in [5, 5.41) is 0. The Labute approximate surface area is 84.1 Å². The molecular formula is C13H26. The molecule has 0 nitrogen and oxygen atoms in total. The molecule has 1 saturated carbocycles. The van der Waals surface area contributed by atoms with E-state index >= 15 is 0 Å². The maximum atomic E-state index is 2.36. The first-order valence-electron chi connectivity index (χ1n) is 6.22. The SMILES string of the molecule is CCCC1CCC(CC(C)C)CC1. The molecule has 1 aliphatic carbocycles. The van der Waals surface area contributed by atoms with Crippen molar-refractivity contribution >= 4 is 0 Å². The summed E-state index contributed by atoms with van der Waals surface area (Å²) in [5.41, 5.74) is 0. The van der Waals surface area contributed by atoms with Crippen molar-refractivity contribution in [3.05, 3.63) is 0 Å². The van der Waals surface area contributed by atoms with Crippen LogP contribution in [0.5, 0.6) is 0 Å². The van der Waals surface area contributed by atoms with Gasteiger partial charge in [-0.1, -0.05) is 59.3 Å². The van der Waals surface area contributed by atoms with E-state index in [2.05, 4.69) is 20.8 Å². The first-order valence-corrected chi connectivity index (χ1v) is 6.22. The molecule has 0 aromatic rings. The summed E-state index contributed by atoms with van der Waals surface area (Å²) in [5.74, 6) is 3.05. The van der Waals surface area contributed by atoms with Crippen molar-refractivity contribution in [2.75, 3.05) is 0 Å². The number of hydrogen-bond acceptors (Lipinski definition) is 0. The summed E-state index contributed by atoms with van der Waals surface area (Å²) < 4.78 is 0. The Kier molecular flexibility index (Phi) is 4.83. The minimum absolute atomic E-state index is 0.910. The van der Waals surface area contributed by atoms with Gasteiger partial charge in [0.15, 0.2) is 0 Å². The van der Waals surface area contributed by atoms with E-state index < -0.39 is 0 Å². The van der Waals surface area contributed by atoms with E-state index in [1.54, 1.807) is 0 Å². The van der Waals surface area contributed by atoms with Gasteiger partial charge in [-0.2, -0.15) is 0 Å². The fraction of sp³-hybridized carbons (Fsp3) is 1.00. The molecule has 0 heteroatoms. The lowest BCUT2D eigenvalue weighted by Crippen LogP contribution is -2.15. The molecule has 1 rings (SSSR count). The number of rotatable bonds is 4. The van der Waals surface area contributed by atoms with Crippen molar-refractivity contribution in [3.63, 3.8) is 0 Å². The van der Waals surface area contributed by atoms with Gasteiger partial charge in [-0.25, -0.2) is 0 Å². The van der Waals surface area contributed by atoms with Crippen LogP contribution in [0, 0.1) is 17.8 Å². The average molecular weight is 182 g/mol. The Morgan fingerprint density at radius 2 is 1.54 bits per heavy atom. The van der Waals surface area contributed by atoms with Crippen LogP contribution in [0.3, 0.4) is 0 Å². The van der Waals surface area contributed by atoms with Crippen LogP contribution in [0.2, 0.25) is 0 Å². The van der Waals surface area contributed by atoms with Gasteiger partial charge >= 0.3 is 0 Å². The van der Waals surface area contributed by atoms with Gasteiger partial charge in [-0.05, 0) is 24.2 Å². The smallest absolute Gasteiger partial charge is 0.0412 e. The molecule has 1 aliphatic rings. The minimum atomic E-state index is 0.910. The zero-order valence-electron chi connectivity index (χ0n) is 9.68. The normalized spacial score (nSPS) is 29.5. The summed E-state index contributed by atoms with van der Waals surface area (Å²) >= 11 is 0. The second kappa shape index (κ2) is 5.67. The fourth-order valence-corrected chi connectivity index (χ4v) is 2.83. The third-order valence-corrected chi connectivity index (χ3v) is 3.47. The maximum absolute atomic E-state index is 2.36.